The zero-order valence-corrected chi connectivity index (χ0v) is 10.8. The number of nitrogens with one attached hydrogen (secondary N) is 2. The number of benzene rings is 1. The molecule has 2 rings (SSSR count). The van der Waals surface area contributed by atoms with Gasteiger partial charge in [0.1, 0.15) is 0 Å². The summed E-state index contributed by atoms with van der Waals surface area (Å²) in [5, 5.41) is 6.17. The van der Waals surface area contributed by atoms with Gasteiger partial charge in [-0.1, -0.05) is 30.3 Å². The smallest absolute Gasteiger partial charge is 0.227 e. The molecule has 1 saturated heterocycles. The third-order valence-corrected chi connectivity index (χ3v) is 3.45. The minimum Gasteiger partial charge on any atom is -0.379 e. The maximum Gasteiger partial charge on any atom is 0.227 e. The second-order valence-corrected chi connectivity index (χ2v) is 4.68. The Bertz CT molecular complexity index is 394. The molecule has 0 radical (unpaired) electrons. The van der Waals surface area contributed by atoms with Crippen molar-refractivity contribution < 1.29 is 9.53 Å². The Morgan fingerprint density at radius 2 is 2.06 bits per heavy atom. The molecule has 0 aromatic heterocycles. The van der Waals surface area contributed by atoms with Crippen LogP contribution in [0.4, 0.5) is 0 Å². The molecular formula is C14H20N2O2. The molecule has 1 heterocycles. The third-order valence-electron chi connectivity index (χ3n) is 3.45. The number of ether oxygens (including phenoxy) is 1. The minimum absolute atomic E-state index is 0.0248. The van der Waals surface area contributed by atoms with E-state index in [1.54, 1.807) is 0 Å². The first kappa shape index (κ1) is 13.1. The van der Waals surface area contributed by atoms with Crippen molar-refractivity contribution in [3.63, 3.8) is 0 Å². The number of likely N-dealkylation sites (N-methyl/N-ethyl adjacent to an activating group) is 1. The minimum atomic E-state index is -0.0961. The monoisotopic (exact) mass is 248 g/mol. The van der Waals surface area contributed by atoms with Gasteiger partial charge >= 0.3 is 0 Å². The first-order valence-electron chi connectivity index (χ1n) is 6.32. The molecular weight excluding hydrogens is 228 g/mol. The maximum absolute atomic E-state index is 12.2. The number of hydrogen-bond acceptors (Lipinski definition) is 3. The van der Waals surface area contributed by atoms with Gasteiger partial charge in [-0.2, -0.15) is 0 Å². The van der Waals surface area contributed by atoms with E-state index in [2.05, 4.69) is 10.6 Å². The van der Waals surface area contributed by atoms with Crippen molar-refractivity contribution in [2.24, 2.45) is 5.92 Å². The van der Waals surface area contributed by atoms with Gasteiger partial charge in [-0.05, 0) is 19.5 Å². The van der Waals surface area contributed by atoms with E-state index in [0.717, 1.165) is 5.56 Å². The van der Waals surface area contributed by atoms with E-state index in [0.29, 0.717) is 13.2 Å². The Morgan fingerprint density at radius 1 is 1.33 bits per heavy atom. The molecule has 1 aromatic rings. The van der Waals surface area contributed by atoms with Crippen molar-refractivity contribution in [2.75, 3.05) is 20.3 Å². The average Bonchev–Trinajstić information content (AvgIpc) is 2.88. The van der Waals surface area contributed by atoms with Gasteiger partial charge in [0, 0.05) is 6.04 Å². The zero-order chi connectivity index (χ0) is 13.0. The molecule has 0 spiro atoms. The lowest BCUT2D eigenvalue weighted by Gasteiger charge is -2.20. The highest BCUT2D eigenvalue weighted by Crippen LogP contribution is 2.17. The number of rotatable bonds is 4. The van der Waals surface area contributed by atoms with Crippen LogP contribution in [0.2, 0.25) is 0 Å². The fraction of sp³-hybridized carbons (Fsp3) is 0.500. The lowest BCUT2D eigenvalue weighted by Crippen LogP contribution is -2.43. The summed E-state index contributed by atoms with van der Waals surface area (Å²) in [5.41, 5.74) is 1.12. The van der Waals surface area contributed by atoms with Crippen LogP contribution in [-0.2, 0) is 9.53 Å². The summed E-state index contributed by atoms with van der Waals surface area (Å²) in [6.45, 7) is 3.10. The predicted octanol–water partition coefficient (Wildman–Crippen LogP) is 1.10. The quantitative estimate of drug-likeness (QED) is 0.839. The molecule has 4 nitrogen and oxygen atoms in total. The van der Waals surface area contributed by atoms with Crippen molar-refractivity contribution in [3.8, 4) is 0 Å². The maximum atomic E-state index is 12.2. The van der Waals surface area contributed by atoms with E-state index in [1.165, 1.54) is 0 Å². The van der Waals surface area contributed by atoms with Crippen LogP contribution in [0.5, 0.6) is 0 Å². The lowest BCUT2D eigenvalue weighted by molar-refractivity contribution is -0.126. The standard InChI is InChI=1S/C14H20N2O2/c1-10(11-6-4-3-5-7-11)16-14(17)12-8-18-9-13(12)15-2/h3-7,10,12-13,15H,8-9H2,1-2H3,(H,16,17)/t10-,12?,13?/m0/s1. The van der Waals surface area contributed by atoms with Crippen molar-refractivity contribution in [1.82, 2.24) is 10.6 Å². The van der Waals surface area contributed by atoms with Crippen LogP contribution in [0.3, 0.4) is 0 Å². The SMILES string of the molecule is CNC1COCC1C(=O)N[C@@H](C)c1ccccc1. The normalized spacial score (nSPS) is 24.8. The van der Waals surface area contributed by atoms with Gasteiger partial charge in [-0.25, -0.2) is 0 Å². The van der Waals surface area contributed by atoms with Crippen LogP contribution in [0.25, 0.3) is 0 Å². The summed E-state index contributed by atoms with van der Waals surface area (Å²) in [7, 11) is 1.86. The highest BCUT2D eigenvalue weighted by molar-refractivity contribution is 5.80. The molecule has 0 aliphatic carbocycles. The molecule has 0 bridgehead atoms. The Balaban J connectivity index is 1.95. The fourth-order valence-electron chi connectivity index (χ4n) is 2.24. The Hall–Kier alpha value is -1.39. The fourth-order valence-corrected chi connectivity index (χ4v) is 2.24. The van der Waals surface area contributed by atoms with Gasteiger partial charge in [0.2, 0.25) is 5.91 Å². The second kappa shape index (κ2) is 5.98. The molecule has 3 atom stereocenters. The lowest BCUT2D eigenvalue weighted by atomic mass is 10.0. The van der Waals surface area contributed by atoms with Crippen LogP contribution in [0, 0.1) is 5.92 Å². The van der Waals surface area contributed by atoms with E-state index in [1.807, 2.05) is 44.3 Å². The summed E-state index contributed by atoms with van der Waals surface area (Å²) < 4.78 is 5.35. The first-order chi connectivity index (χ1) is 8.72. The molecule has 2 N–H and O–H groups in total. The van der Waals surface area contributed by atoms with Gasteiger partial charge < -0.3 is 15.4 Å². The van der Waals surface area contributed by atoms with Crippen molar-refractivity contribution in [2.45, 2.75) is 19.0 Å². The number of amides is 1. The molecule has 1 aliphatic heterocycles. The molecule has 1 aromatic carbocycles. The predicted molar refractivity (Wildman–Crippen MR) is 70.2 cm³/mol. The van der Waals surface area contributed by atoms with Gasteiger partial charge in [-0.3, -0.25) is 4.79 Å². The zero-order valence-electron chi connectivity index (χ0n) is 10.8. The first-order valence-corrected chi connectivity index (χ1v) is 6.32. The van der Waals surface area contributed by atoms with E-state index < -0.39 is 0 Å². The summed E-state index contributed by atoms with van der Waals surface area (Å²) in [5.74, 6) is -0.0376. The van der Waals surface area contributed by atoms with Gasteiger partial charge in [-0.15, -0.1) is 0 Å². The molecule has 2 unspecified atom stereocenters. The van der Waals surface area contributed by atoms with Crippen molar-refractivity contribution >= 4 is 5.91 Å². The summed E-state index contributed by atoms with van der Waals surface area (Å²) in [4.78, 5) is 12.2. The van der Waals surface area contributed by atoms with Crippen LogP contribution >= 0.6 is 0 Å². The van der Waals surface area contributed by atoms with Gasteiger partial charge in [0.15, 0.2) is 0 Å². The van der Waals surface area contributed by atoms with Crippen LogP contribution in [0.15, 0.2) is 30.3 Å². The van der Waals surface area contributed by atoms with E-state index in [9.17, 15) is 4.79 Å². The van der Waals surface area contributed by atoms with Gasteiger partial charge in [0.25, 0.3) is 0 Å². The number of hydrogen-bond donors (Lipinski definition) is 2. The highest BCUT2D eigenvalue weighted by Gasteiger charge is 2.33. The molecule has 1 aliphatic rings. The topological polar surface area (TPSA) is 50.4 Å². The van der Waals surface area contributed by atoms with Crippen molar-refractivity contribution in [3.05, 3.63) is 35.9 Å². The average molecular weight is 248 g/mol. The van der Waals surface area contributed by atoms with Crippen LogP contribution < -0.4 is 10.6 Å². The molecule has 1 fully saturated rings. The summed E-state index contributed by atoms with van der Waals surface area (Å²) in [6, 6.07) is 10.1. The van der Waals surface area contributed by atoms with E-state index >= 15 is 0 Å². The second-order valence-electron chi connectivity index (χ2n) is 4.68. The van der Waals surface area contributed by atoms with Gasteiger partial charge in [0.05, 0.1) is 25.2 Å². The van der Waals surface area contributed by atoms with Crippen molar-refractivity contribution in [1.29, 1.82) is 0 Å². The highest BCUT2D eigenvalue weighted by atomic mass is 16.5. The van der Waals surface area contributed by atoms with Crippen LogP contribution in [0.1, 0.15) is 18.5 Å². The molecule has 18 heavy (non-hydrogen) atoms. The number of carbonyl (C=O) groups excluding carboxylic acids is 1. The summed E-state index contributed by atoms with van der Waals surface area (Å²) >= 11 is 0. The molecule has 1 amide bonds. The largest absolute Gasteiger partial charge is 0.379 e. The Morgan fingerprint density at radius 3 is 2.72 bits per heavy atom. The molecule has 4 heteroatoms. The van der Waals surface area contributed by atoms with E-state index in [-0.39, 0.29) is 23.9 Å². The summed E-state index contributed by atoms with van der Waals surface area (Å²) in [6.07, 6.45) is 0. The number of carbonyl (C=O) groups is 1. The molecule has 0 saturated carbocycles. The Kier molecular flexibility index (Phi) is 4.33. The third kappa shape index (κ3) is 2.89. The Labute approximate surface area is 108 Å². The van der Waals surface area contributed by atoms with Crippen LogP contribution in [-0.4, -0.2) is 32.2 Å². The van der Waals surface area contributed by atoms with E-state index in [4.69, 9.17) is 4.74 Å². The molecule has 98 valence electrons.